The molecule has 0 spiro atoms. The lowest BCUT2D eigenvalue weighted by molar-refractivity contribution is -0.108. The molecule has 4 rings (SSSR count). The number of aromatic nitrogens is 2. The van der Waals surface area contributed by atoms with E-state index in [0.717, 1.165) is 29.4 Å². The molecule has 29 heavy (non-hydrogen) atoms. The number of H-pyrrole nitrogens is 1. The molecule has 8 nitrogen and oxygen atoms in total. The van der Waals surface area contributed by atoms with E-state index in [9.17, 15) is 19.1 Å². The van der Waals surface area contributed by atoms with Gasteiger partial charge >= 0.3 is 5.69 Å². The molecule has 4 N–H and O–H groups in total. The molecule has 1 amide bonds. The Morgan fingerprint density at radius 2 is 2.17 bits per heavy atom. The van der Waals surface area contributed by atoms with Crippen LogP contribution >= 0.6 is 22.6 Å². The lowest BCUT2D eigenvalue weighted by atomic mass is 9.81. The lowest BCUT2D eigenvalue weighted by Gasteiger charge is -2.51. The molecule has 2 aliphatic rings. The largest absolute Gasteiger partial charge is 0.385 e. The molecular weight excluding hydrogens is 492 g/mol. The topological polar surface area (TPSA) is 110 Å². The van der Waals surface area contributed by atoms with Crippen molar-refractivity contribution in [3.8, 4) is 0 Å². The Labute approximate surface area is 180 Å². The van der Waals surface area contributed by atoms with E-state index in [1.165, 1.54) is 23.2 Å². The number of nitrogens with one attached hydrogen (secondary N) is 3. The van der Waals surface area contributed by atoms with Gasteiger partial charge in [-0.1, -0.05) is 6.42 Å². The molecule has 0 radical (unpaired) electrons. The van der Waals surface area contributed by atoms with E-state index in [1.807, 2.05) is 22.6 Å². The van der Waals surface area contributed by atoms with Gasteiger partial charge < -0.3 is 25.6 Å². The van der Waals surface area contributed by atoms with Crippen LogP contribution in [0.1, 0.15) is 29.6 Å². The maximum absolute atomic E-state index is 14.2. The van der Waals surface area contributed by atoms with Gasteiger partial charge in [0, 0.05) is 15.8 Å². The number of amides is 1. The first-order valence-corrected chi connectivity index (χ1v) is 10.5. The summed E-state index contributed by atoms with van der Waals surface area (Å²) in [6, 6.07) is 4.52. The quantitative estimate of drug-likeness (QED) is 0.463. The highest BCUT2D eigenvalue weighted by Crippen LogP contribution is 2.31. The Morgan fingerprint density at radius 3 is 2.86 bits per heavy atom. The molecule has 3 heterocycles. The zero-order valence-electron chi connectivity index (χ0n) is 15.5. The number of aromatic amines is 1. The standard InChI is InChI=1S/C19H21FIN5O3/c20-13-7-11(21)4-5-14(13)24-16-12(8-23-18(28)25-16)17(27)26-9-19(29,10-26)15-3-1-2-6-22-15/h4-5,7-8,15,22,29H,1-3,6,9-10H2,(H2,23,24,25,28)/t15-/m0/s1. The number of nitrogens with zero attached hydrogens (tertiary/aromatic N) is 2. The number of aliphatic hydroxyl groups is 1. The number of benzene rings is 1. The fourth-order valence-electron chi connectivity index (χ4n) is 3.83. The minimum Gasteiger partial charge on any atom is -0.385 e. The summed E-state index contributed by atoms with van der Waals surface area (Å²) >= 11 is 1.99. The molecule has 1 aromatic carbocycles. The van der Waals surface area contributed by atoms with E-state index in [1.54, 1.807) is 6.07 Å². The summed E-state index contributed by atoms with van der Waals surface area (Å²) in [4.78, 5) is 32.3. The van der Waals surface area contributed by atoms with Crippen LogP contribution in [0.3, 0.4) is 0 Å². The van der Waals surface area contributed by atoms with Gasteiger partial charge in [-0.15, -0.1) is 0 Å². The number of piperidine rings is 1. The molecule has 2 fully saturated rings. The number of likely N-dealkylation sites (tertiary alicyclic amines) is 1. The minimum atomic E-state index is -0.957. The SMILES string of the molecule is O=C(c1c[nH]c(=O)nc1Nc1ccc(I)cc1F)N1CC(O)([C@@H]2CCCCN2)C1. The average Bonchev–Trinajstić information content (AvgIpc) is 2.68. The zero-order chi connectivity index (χ0) is 20.6. The van der Waals surface area contributed by atoms with Crippen molar-refractivity contribution < 1.29 is 14.3 Å². The fraction of sp³-hybridized carbons (Fsp3) is 0.421. The molecule has 10 heteroatoms. The van der Waals surface area contributed by atoms with Gasteiger partial charge in [0.2, 0.25) is 0 Å². The summed E-state index contributed by atoms with van der Waals surface area (Å²) in [5.41, 5.74) is -1.38. The summed E-state index contributed by atoms with van der Waals surface area (Å²) in [6.07, 6.45) is 4.27. The Bertz CT molecular complexity index is 986. The molecule has 154 valence electrons. The molecule has 0 aliphatic carbocycles. The van der Waals surface area contributed by atoms with Crippen LogP contribution in [-0.4, -0.2) is 57.2 Å². The number of carbonyl (C=O) groups is 1. The second kappa shape index (κ2) is 8.00. The van der Waals surface area contributed by atoms with E-state index in [2.05, 4.69) is 20.6 Å². The third-order valence-electron chi connectivity index (χ3n) is 5.40. The third kappa shape index (κ3) is 4.14. The van der Waals surface area contributed by atoms with Gasteiger partial charge in [0.1, 0.15) is 11.4 Å². The Morgan fingerprint density at radius 1 is 1.38 bits per heavy atom. The van der Waals surface area contributed by atoms with Crippen LogP contribution in [0.4, 0.5) is 15.9 Å². The maximum atomic E-state index is 14.2. The summed E-state index contributed by atoms with van der Waals surface area (Å²) in [5.74, 6) is -0.924. The van der Waals surface area contributed by atoms with Crippen molar-refractivity contribution in [2.24, 2.45) is 0 Å². The monoisotopic (exact) mass is 513 g/mol. The molecule has 0 saturated carbocycles. The van der Waals surface area contributed by atoms with Crippen molar-refractivity contribution in [2.75, 3.05) is 25.0 Å². The summed E-state index contributed by atoms with van der Waals surface area (Å²) < 4.78 is 14.9. The Balaban J connectivity index is 1.53. The van der Waals surface area contributed by atoms with Gasteiger partial charge in [0.05, 0.1) is 24.3 Å². The van der Waals surface area contributed by atoms with Crippen molar-refractivity contribution in [1.82, 2.24) is 20.2 Å². The highest BCUT2D eigenvalue weighted by molar-refractivity contribution is 14.1. The second-order valence-electron chi connectivity index (χ2n) is 7.48. The predicted octanol–water partition coefficient (Wildman–Crippen LogP) is 1.59. The normalized spacial score (nSPS) is 20.8. The van der Waals surface area contributed by atoms with Gasteiger partial charge in [0.15, 0.2) is 5.82 Å². The van der Waals surface area contributed by atoms with Crippen molar-refractivity contribution in [3.05, 3.63) is 49.8 Å². The van der Waals surface area contributed by atoms with Gasteiger partial charge in [-0.25, -0.2) is 9.18 Å². The molecule has 2 aromatic rings. The first kappa shape index (κ1) is 20.2. The van der Waals surface area contributed by atoms with Crippen LogP contribution in [0.2, 0.25) is 0 Å². The summed E-state index contributed by atoms with van der Waals surface area (Å²) in [5, 5.41) is 16.9. The first-order chi connectivity index (χ1) is 13.9. The maximum Gasteiger partial charge on any atom is 0.346 e. The van der Waals surface area contributed by atoms with Crippen molar-refractivity contribution in [1.29, 1.82) is 0 Å². The van der Waals surface area contributed by atoms with E-state index in [0.29, 0.717) is 0 Å². The summed E-state index contributed by atoms with van der Waals surface area (Å²) in [7, 11) is 0. The molecule has 0 bridgehead atoms. The van der Waals surface area contributed by atoms with Crippen molar-refractivity contribution in [3.63, 3.8) is 0 Å². The van der Waals surface area contributed by atoms with Crippen LogP contribution in [0.15, 0.2) is 29.2 Å². The van der Waals surface area contributed by atoms with Gasteiger partial charge in [-0.3, -0.25) is 4.79 Å². The Kier molecular flexibility index (Phi) is 5.58. The van der Waals surface area contributed by atoms with Crippen LogP contribution in [0.5, 0.6) is 0 Å². The lowest BCUT2D eigenvalue weighted by Crippen LogP contribution is -2.72. The molecule has 1 aromatic heterocycles. The molecular formula is C19H21FIN5O3. The Hall–Kier alpha value is -2.05. The van der Waals surface area contributed by atoms with Crippen LogP contribution in [0, 0.1) is 9.39 Å². The van der Waals surface area contributed by atoms with E-state index < -0.39 is 17.1 Å². The number of carbonyl (C=O) groups excluding carboxylic acids is 1. The molecule has 0 unspecified atom stereocenters. The number of rotatable bonds is 4. The number of halogens is 2. The number of β-amino-alcohol motifs (C(OH)–C–C–N with tert-alkyl or cyclic N) is 1. The fourth-order valence-corrected chi connectivity index (χ4v) is 4.29. The predicted molar refractivity (Wildman–Crippen MR) is 114 cm³/mol. The van der Waals surface area contributed by atoms with Crippen molar-refractivity contribution >= 4 is 40.0 Å². The molecule has 1 atom stereocenters. The van der Waals surface area contributed by atoms with Crippen LogP contribution in [0.25, 0.3) is 0 Å². The van der Waals surface area contributed by atoms with E-state index in [-0.39, 0.29) is 42.1 Å². The van der Waals surface area contributed by atoms with Crippen molar-refractivity contribution in [2.45, 2.75) is 30.9 Å². The van der Waals surface area contributed by atoms with E-state index in [4.69, 9.17) is 0 Å². The van der Waals surface area contributed by atoms with Gasteiger partial charge in [0.25, 0.3) is 5.91 Å². The number of anilines is 2. The first-order valence-electron chi connectivity index (χ1n) is 9.42. The second-order valence-corrected chi connectivity index (χ2v) is 8.73. The average molecular weight is 513 g/mol. The third-order valence-corrected chi connectivity index (χ3v) is 6.07. The highest BCUT2D eigenvalue weighted by Gasteiger charge is 2.49. The zero-order valence-corrected chi connectivity index (χ0v) is 17.7. The minimum absolute atomic E-state index is 0.0231. The van der Waals surface area contributed by atoms with Crippen LogP contribution in [-0.2, 0) is 0 Å². The van der Waals surface area contributed by atoms with E-state index >= 15 is 0 Å². The molecule has 2 aliphatic heterocycles. The summed E-state index contributed by atoms with van der Waals surface area (Å²) in [6.45, 7) is 1.25. The highest BCUT2D eigenvalue weighted by atomic mass is 127. The number of hydrogen-bond donors (Lipinski definition) is 4. The van der Waals surface area contributed by atoms with Gasteiger partial charge in [-0.05, 0) is 60.2 Å². The van der Waals surface area contributed by atoms with Crippen LogP contribution < -0.4 is 16.3 Å². The van der Waals surface area contributed by atoms with Gasteiger partial charge in [-0.2, -0.15) is 4.98 Å². The smallest absolute Gasteiger partial charge is 0.346 e. The number of hydrogen-bond acceptors (Lipinski definition) is 6. The molecule has 2 saturated heterocycles.